The highest BCUT2D eigenvalue weighted by Gasteiger charge is 2.54. The molecule has 2 aliphatic heterocycles. The van der Waals surface area contributed by atoms with Crippen LogP contribution in [0.4, 0.5) is 5.69 Å². The Hall–Kier alpha value is -2.32. The average molecular weight is 448 g/mol. The Balaban J connectivity index is 1.68. The number of fused-ring (bicyclic) bond motifs is 4. The summed E-state index contributed by atoms with van der Waals surface area (Å²) >= 11 is 8.82. The van der Waals surface area contributed by atoms with Crippen LogP contribution in [0, 0.1) is 5.92 Å². The number of anilines is 1. The van der Waals surface area contributed by atoms with E-state index >= 15 is 0 Å². The SMILES string of the molecule is COc1ccc(NC(=O)[C@H]2[C@@H]3NC(=S)N[C@]2(C)Oc2ccc(Br)cc23)cc1. The Morgan fingerprint density at radius 2 is 2.04 bits per heavy atom. The minimum atomic E-state index is -0.954. The number of benzene rings is 2. The molecule has 2 heterocycles. The zero-order chi connectivity index (χ0) is 19.2. The predicted molar refractivity (Wildman–Crippen MR) is 110 cm³/mol. The van der Waals surface area contributed by atoms with Gasteiger partial charge in [-0.05, 0) is 61.6 Å². The third kappa shape index (κ3) is 3.23. The van der Waals surface area contributed by atoms with Gasteiger partial charge in [0.05, 0.1) is 13.2 Å². The molecule has 0 saturated carbocycles. The minimum absolute atomic E-state index is 0.166. The molecular formula is C19H18BrN3O3S. The van der Waals surface area contributed by atoms with E-state index in [-0.39, 0.29) is 11.9 Å². The Labute approximate surface area is 170 Å². The maximum atomic E-state index is 13.2. The lowest BCUT2D eigenvalue weighted by Gasteiger charge is -2.50. The third-order valence-corrected chi connectivity index (χ3v) is 5.56. The molecule has 1 fully saturated rings. The second-order valence-electron chi connectivity index (χ2n) is 6.66. The molecule has 1 saturated heterocycles. The molecule has 6 nitrogen and oxygen atoms in total. The Morgan fingerprint density at radius 3 is 2.74 bits per heavy atom. The van der Waals surface area contributed by atoms with Crippen molar-refractivity contribution in [1.82, 2.24) is 10.6 Å². The van der Waals surface area contributed by atoms with Crippen molar-refractivity contribution in [3.05, 3.63) is 52.5 Å². The van der Waals surface area contributed by atoms with E-state index in [1.807, 2.05) is 25.1 Å². The first-order valence-electron chi connectivity index (χ1n) is 8.42. The van der Waals surface area contributed by atoms with E-state index in [0.29, 0.717) is 10.8 Å². The Morgan fingerprint density at radius 1 is 1.30 bits per heavy atom. The number of halogens is 1. The molecule has 27 heavy (non-hydrogen) atoms. The zero-order valence-corrected chi connectivity index (χ0v) is 17.1. The molecular weight excluding hydrogens is 430 g/mol. The molecule has 1 amide bonds. The first-order chi connectivity index (χ1) is 12.9. The first kappa shape index (κ1) is 18.1. The van der Waals surface area contributed by atoms with Crippen LogP contribution in [0.3, 0.4) is 0 Å². The largest absolute Gasteiger partial charge is 0.497 e. The molecule has 2 aromatic carbocycles. The standard InChI is InChI=1S/C19H18BrN3O3S/c1-19-15(17(24)21-11-4-6-12(25-2)7-5-11)16(22-18(27)23-19)13-9-10(20)3-8-14(13)26-19/h3-9,15-16H,1-2H3,(H,21,24)(H2,22,23,27)/t15-,16-,19-/m1/s1. The summed E-state index contributed by atoms with van der Waals surface area (Å²) in [7, 11) is 1.60. The molecule has 2 bridgehead atoms. The highest BCUT2D eigenvalue weighted by atomic mass is 79.9. The maximum absolute atomic E-state index is 13.2. The first-order valence-corrected chi connectivity index (χ1v) is 9.62. The van der Waals surface area contributed by atoms with Crippen LogP contribution in [0.15, 0.2) is 46.9 Å². The van der Waals surface area contributed by atoms with Gasteiger partial charge in [0.1, 0.15) is 17.4 Å². The van der Waals surface area contributed by atoms with Crippen LogP contribution in [0.25, 0.3) is 0 Å². The topological polar surface area (TPSA) is 71.6 Å². The van der Waals surface area contributed by atoms with Crippen molar-refractivity contribution in [1.29, 1.82) is 0 Å². The van der Waals surface area contributed by atoms with Gasteiger partial charge >= 0.3 is 0 Å². The number of amides is 1. The van der Waals surface area contributed by atoms with E-state index in [2.05, 4.69) is 31.9 Å². The number of nitrogens with one attached hydrogen (secondary N) is 3. The van der Waals surface area contributed by atoms with Crippen molar-refractivity contribution in [2.45, 2.75) is 18.7 Å². The van der Waals surface area contributed by atoms with Gasteiger partial charge < -0.3 is 25.4 Å². The predicted octanol–water partition coefficient (Wildman–Crippen LogP) is 3.34. The van der Waals surface area contributed by atoms with Gasteiger partial charge in [-0.1, -0.05) is 15.9 Å². The van der Waals surface area contributed by atoms with Gasteiger partial charge in [-0.25, -0.2) is 0 Å². The van der Waals surface area contributed by atoms with Gasteiger partial charge in [-0.15, -0.1) is 0 Å². The van der Waals surface area contributed by atoms with Crippen molar-refractivity contribution in [2.24, 2.45) is 5.92 Å². The van der Waals surface area contributed by atoms with Crippen LogP contribution in [0.1, 0.15) is 18.5 Å². The van der Waals surface area contributed by atoms with E-state index in [0.717, 1.165) is 21.5 Å². The summed E-state index contributed by atoms with van der Waals surface area (Å²) < 4.78 is 12.3. The van der Waals surface area contributed by atoms with Gasteiger partial charge in [0.25, 0.3) is 0 Å². The molecule has 8 heteroatoms. The molecule has 2 aromatic rings. The van der Waals surface area contributed by atoms with Crippen LogP contribution in [0.5, 0.6) is 11.5 Å². The molecule has 140 valence electrons. The number of thiocarbonyl (C=S) groups is 1. The van der Waals surface area contributed by atoms with Crippen molar-refractivity contribution in [3.63, 3.8) is 0 Å². The lowest BCUT2D eigenvalue weighted by Crippen LogP contribution is -2.70. The monoisotopic (exact) mass is 447 g/mol. The fourth-order valence-corrected chi connectivity index (χ4v) is 4.32. The van der Waals surface area contributed by atoms with Gasteiger partial charge in [0.15, 0.2) is 10.8 Å². The van der Waals surface area contributed by atoms with Crippen molar-refractivity contribution < 1.29 is 14.3 Å². The lowest BCUT2D eigenvalue weighted by atomic mass is 9.80. The number of ether oxygens (including phenoxy) is 2. The zero-order valence-electron chi connectivity index (χ0n) is 14.7. The van der Waals surface area contributed by atoms with E-state index in [1.165, 1.54) is 0 Å². The molecule has 4 rings (SSSR count). The second kappa shape index (κ2) is 6.69. The van der Waals surface area contributed by atoms with Crippen LogP contribution >= 0.6 is 28.1 Å². The molecule has 0 aromatic heterocycles. The van der Waals surface area contributed by atoms with Crippen molar-refractivity contribution >= 4 is 44.9 Å². The molecule has 0 aliphatic carbocycles. The Kier molecular flexibility index (Phi) is 4.47. The smallest absolute Gasteiger partial charge is 0.236 e. The number of hydrogen-bond donors (Lipinski definition) is 3. The van der Waals surface area contributed by atoms with Gasteiger partial charge in [-0.3, -0.25) is 4.79 Å². The third-order valence-electron chi connectivity index (χ3n) is 4.84. The summed E-state index contributed by atoms with van der Waals surface area (Å²) in [5.41, 5.74) is 0.621. The van der Waals surface area contributed by atoms with E-state index in [1.54, 1.807) is 31.4 Å². The number of carbonyl (C=O) groups is 1. The fourth-order valence-electron chi connectivity index (χ4n) is 3.61. The van der Waals surface area contributed by atoms with E-state index < -0.39 is 11.6 Å². The summed E-state index contributed by atoms with van der Waals surface area (Å²) in [4.78, 5) is 13.2. The number of methoxy groups -OCH3 is 1. The minimum Gasteiger partial charge on any atom is -0.497 e. The van der Waals surface area contributed by atoms with Gasteiger partial charge in [0.2, 0.25) is 5.91 Å². The molecule has 3 atom stereocenters. The summed E-state index contributed by atoms with van der Waals surface area (Å²) in [5.74, 6) is 0.751. The van der Waals surface area contributed by atoms with Gasteiger partial charge in [0, 0.05) is 15.7 Å². The van der Waals surface area contributed by atoms with Crippen molar-refractivity contribution in [3.8, 4) is 11.5 Å². The quantitative estimate of drug-likeness (QED) is 0.626. The van der Waals surface area contributed by atoms with Crippen LogP contribution in [-0.2, 0) is 4.79 Å². The highest BCUT2D eigenvalue weighted by Crippen LogP contribution is 2.45. The van der Waals surface area contributed by atoms with E-state index in [4.69, 9.17) is 21.7 Å². The van der Waals surface area contributed by atoms with Gasteiger partial charge in [-0.2, -0.15) is 0 Å². The number of carbonyl (C=O) groups excluding carboxylic acids is 1. The van der Waals surface area contributed by atoms with Crippen LogP contribution in [-0.4, -0.2) is 23.9 Å². The molecule has 2 aliphatic rings. The summed E-state index contributed by atoms with van der Waals surface area (Å²) in [5, 5.41) is 9.78. The Bertz CT molecular complexity index is 921. The van der Waals surface area contributed by atoms with E-state index in [9.17, 15) is 4.79 Å². The number of hydrogen-bond acceptors (Lipinski definition) is 4. The summed E-state index contributed by atoms with van der Waals surface area (Å²) in [6.45, 7) is 1.84. The number of rotatable bonds is 3. The molecule has 0 spiro atoms. The average Bonchev–Trinajstić information content (AvgIpc) is 2.62. The summed E-state index contributed by atoms with van der Waals surface area (Å²) in [6.07, 6.45) is 0. The van der Waals surface area contributed by atoms with Crippen molar-refractivity contribution in [2.75, 3.05) is 12.4 Å². The fraction of sp³-hybridized carbons (Fsp3) is 0.263. The molecule has 0 radical (unpaired) electrons. The van der Waals surface area contributed by atoms with Crippen LogP contribution in [0.2, 0.25) is 0 Å². The molecule has 3 N–H and O–H groups in total. The summed E-state index contributed by atoms with van der Waals surface area (Å²) in [6, 6.07) is 12.6. The second-order valence-corrected chi connectivity index (χ2v) is 7.99. The maximum Gasteiger partial charge on any atom is 0.236 e. The highest BCUT2D eigenvalue weighted by molar-refractivity contribution is 9.10. The normalized spacial score (nSPS) is 25.4. The lowest BCUT2D eigenvalue weighted by molar-refractivity contribution is -0.132. The van der Waals surface area contributed by atoms with Crippen LogP contribution < -0.4 is 25.4 Å². The molecule has 0 unspecified atom stereocenters.